The Morgan fingerprint density at radius 2 is 1.79 bits per heavy atom. The van der Waals surface area contributed by atoms with Gasteiger partial charge in [-0.2, -0.15) is 0 Å². The van der Waals surface area contributed by atoms with Gasteiger partial charge in [0.05, 0.1) is 0 Å². The molecule has 0 amide bonds. The molecule has 104 valence electrons. The lowest BCUT2D eigenvalue weighted by molar-refractivity contribution is 0.264. The van der Waals surface area contributed by atoms with Crippen molar-refractivity contribution in [3.63, 3.8) is 0 Å². The number of piperidine rings is 1. The molecule has 0 bridgehead atoms. The van der Waals surface area contributed by atoms with E-state index in [1.807, 2.05) is 0 Å². The second-order valence-electron chi connectivity index (χ2n) is 5.97. The summed E-state index contributed by atoms with van der Waals surface area (Å²) in [5, 5.41) is 3.71. The highest BCUT2D eigenvalue weighted by molar-refractivity contribution is 5.58. The van der Waals surface area contributed by atoms with Crippen molar-refractivity contribution in [1.82, 2.24) is 4.90 Å². The van der Waals surface area contributed by atoms with Crippen molar-refractivity contribution in [2.75, 3.05) is 43.4 Å². The molecule has 2 aliphatic rings. The first-order valence-corrected chi connectivity index (χ1v) is 7.61. The first-order valence-electron chi connectivity index (χ1n) is 7.61. The number of hydrogen-bond acceptors (Lipinski definition) is 3. The molecule has 2 fully saturated rings. The molecule has 19 heavy (non-hydrogen) atoms. The van der Waals surface area contributed by atoms with Gasteiger partial charge in [0.25, 0.3) is 0 Å². The van der Waals surface area contributed by atoms with E-state index in [1.165, 1.54) is 63.2 Å². The van der Waals surface area contributed by atoms with E-state index in [4.69, 9.17) is 0 Å². The summed E-state index contributed by atoms with van der Waals surface area (Å²) in [6.07, 6.45) is 5.19. The smallest absolute Gasteiger partial charge is 0.0386 e. The number of nitrogens with zero attached hydrogens (tertiary/aromatic N) is 2. The number of likely N-dealkylation sites (tertiary alicyclic amines) is 1. The van der Waals surface area contributed by atoms with Gasteiger partial charge in [-0.05, 0) is 64.0 Å². The average molecular weight is 259 g/mol. The molecule has 0 unspecified atom stereocenters. The fourth-order valence-electron chi connectivity index (χ4n) is 3.16. The third kappa shape index (κ3) is 3.21. The lowest BCUT2D eigenvalue weighted by Gasteiger charge is -2.30. The highest BCUT2D eigenvalue weighted by Gasteiger charge is 2.17. The van der Waals surface area contributed by atoms with Crippen LogP contribution in [0.3, 0.4) is 0 Å². The molecular weight excluding hydrogens is 234 g/mol. The summed E-state index contributed by atoms with van der Waals surface area (Å²) in [6.45, 7) is 4.86. The van der Waals surface area contributed by atoms with Crippen molar-refractivity contribution in [2.45, 2.75) is 31.7 Å². The monoisotopic (exact) mass is 259 g/mol. The minimum absolute atomic E-state index is 0.644. The first-order chi connectivity index (χ1) is 9.31. The van der Waals surface area contributed by atoms with Crippen LogP contribution in [-0.2, 0) is 0 Å². The standard InChI is InChI=1S/C16H25N3/c1-18-11-7-14(8-12-18)17-15-5-4-6-16(13-15)19-9-2-3-10-19/h4-6,13-14,17H,2-3,7-12H2,1H3. The van der Waals surface area contributed by atoms with Crippen LogP contribution in [0.25, 0.3) is 0 Å². The van der Waals surface area contributed by atoms with E-state index < -0.39 is 0 Å². The quantitative estimate of drug-likeness (QED) is 0.900. The fraction of sp³-hybridized carbons (Fsp3) is 0.625. The molecule has 2 heterocycles. The van der Waals surface area contributed by atoms with Gasteiger partial charge in [-0.15, -0.1) is 0 Å². The fourth-order valence-corrected chi connectivity index (χ4v) is 3.16. The SMILES string of the molecule is CN1CCC(Nc2cccc(N3CCCC3)c2)CC1. The Morgan fingerprint density at radius 3 is 2.53 bits per heavy atom. The predicted molar refractivity (Wildman–Crippen MR) is 82.0 cm³/mol. The van der Waals surface area contributed by atoms with Gasteiger partial charge in [-0.25, -0.2) is 0 Å². The van der Waals surface area contributed by atoms with Crippen LogP contribution in [0.15, 0.2) is 24.3 Å². The van der Waals surface area contributed by atoms with Gasteiger partial charge in [0.15, 0.2) is 0 Å². The van der Waals surface area contributed by atoms with Gasteiger partial charge < -0.3 is 15.1 Å². The molecule has 3 rings (SSSR count). The third-order valence-electron chi connectivity index (χ3n) is 4.41. The van der Waals surface area contributed by atoms with Crippen LogP contribution in [0.5, 0.6) is 0 Å². The summed E-state index contributed by atoms with van der Waals surface area (Å²) < 4.78 is 0. The summed E-state index contributed by atoms with van der Waals surface area (Å²) in [6, 6.07) is 9.60. The zero-order chi connectivity index (χ0) is 13.1. The van der Waals surface area contributed by atoms with Gasteiger partial charge >= 0.3 is 0 Å². The first kappa shape index (κ1) is 12.8. The number of anilines is 2. The molecule has 0 aliphatic carbocycles. The van der Waals surface area contributed by atoms with E-state index in [1.54, 1.807) is 0 Å². The van der Waals surface area contributed by atoms with E-state index in [-0.39, 0.29) is 0 Å². The van der Waals surface area contributed by atoms with E-state index >= 15 is 0 Å². The van der Waals surface area contributed by atoms with E-state index in [0.717, 1.165) is 0 Å². The topological polar surface area (TPSA) is 18.5 Å². The van der Waals surface area contributed by atoms with Crippen LogP contribution >= 0.6 is 0 Å². The van der Waals surface area contributed by atoms with E-state index in [2.05, 4.69) is 46.4 Å². The highest BCUT2D eigenvalue weighted by atomic mass is 15.1. The zero-order valence-electron chi connectivity index (χ0n) is 11.9. The predicted octanol–water partition coefficient (Wildman–Crippen LogP) is 2.79. The molecular formula is C16H25N3. The number of rotatable bonds is 3. The van der Waals surface area contributed by atoms with Crippen LogP contribution in [-0.4, -0.2) is 44.2 Å². The Hall–Kier alpha value is -1.22. The normalized spacial score (nSPS) is 21.8. The van der Waals surface area contributed by atoms with Gasteiger partial charge in [-0.1, -0.05) is 6.07 Å². The number of benzene rings is 1. The van der Waals surface area contributed by atoms with Gasteiger partial charge in [-0.3, -0.25) is 0 Å². The molecule has 1 aromatic carbocycles. The van der Waals surface area contributed by atoms with Gasteiger partial charge in [0.2, 0.25) is 0 Å². The molecule has 0 aromatic heterocycles. The minimum atomic E-state index is 0.644. The van der Waals surface area contributed by atoms with Crippen molar-refractivity contribution in [1.29, 1.82) is 0 Å². The van der Waals surface area contributed by atoms with Crippen LogP contribution in [0.2, 0.25) is 0 Å². The molecule has 0 spiro atoms. The third-order valence-corrected chi connectivity index (χ3v) is 4.41. The molecule has 0 atom stereocenters. The molecule has 1 N–H and O–H groups in total. The average Bonchev–Trinajstić information content (AvgIpc) is 2.96. The Morgan fingerprint density at radius 1 is 1.05 bits per heavy atom. The van der Waals surface area contributed by atoms with Crippen LogP contribution in [0.4, 0.5) is 11.4 Å². The largest absolute Gasteiger partial charge is 0.382 e. The van der Waals surface area contributed by atoms with Crippen molar-refractivity contribution < 1.29 is 0 Å². The Balaban J connectivity index is 1.62. The molecule has 2 aliphatic heterocycles. The Bertz CT molecular complexity index is 404. The molecule has 0 radical (unpaired) electrons. The van der Waals surface area contributed by atoms with Crippen LogP contribution < -0.4 is 10.2 Å². The minimum Gasteiger partial charge on any atom is -0.382 e. The van der Waals surface area contributed by atoms with Crippen molar-refractivity contribution in [3.8, 4) is 0 Å². The zero-order valence-corrected chi connectivity index (χ0v) is 11.9. The van der Waals surface area contributed by atoms with Gasteiger partial charge in [0.1, 0.15) is 0 Å². The maximum absolute atomic E-state index is 3.71. The Kier molecular flexibility index (Phi) is 3.92. The molecule has 0 saturated carbocycles. The number of nitrogens with one attached hydrogen (secondary N) is 1. The summed E-state index contributed by atoms with van der Waals surface area (Å²) in [4.78, 5) is 4.92. The molecule has 3 nitrogen and oxygen atoms in total. The molecule has 2 saturated heterocycles. The van der Waals surface area contributed by atoms with Crippen molar-refractivity contribution in [3.05, 3.63) is 24.3 Å². The second-order valence-corrected chi connectivity index (χ2v) is 5.97. The van der Waals surface area contributed by atoms with E-state index in [9.17, 15) is 0 Å². The molecule has 3 heteroatoms. The summed E-state index contributed by atoms with van der Waals surface area (Å²) in [7, 11) is 2.21. The van der Waals surface area contributed by atoms with Crippen molar-refractivity contribution >= 4 is 11.4 Å². The van der Waals surface area contributed by atoms with Gasteiger partial charge in [0, 0.05) is 30.5 Å². The molecule has 1 aromatic rings. The van der Waals surface area contributed by atoms with Crippen LogP contribution in [0, 0.1) is 0 Å². The lowest BCUT2D eigenvalue weighted by Crippen LogP contribution is -2.36. The van der Waals surface area contributed by atoms with E-state index in [0.29, 0.717) is 6.04 Å². The maximum atomic E-state index is 3.71. The highest BCUT2D eigenvalue weighted by Crippen LogP contribution is 2.24. The summed E-state index contributed by atoms with van der Waals surface area (Å²) >= 11 is 0. The maximum Gasteiger partial charge on any atom is 0.0386 e. The number of hydrogen-bond donors (Lipinski definition) is 1. The second kappa shape index (κ2) is 5.83. The summed E-state index contributed by atoms with van der Waals surface area (Å²) in [5.41, 5.74) is 2.68. The van der Waals surface area contributed by atoms with Crippen molar-refractivity contribution in [2.24, 2.45) is 0 Å². The Labute approximate surface area is 116 Å². The van der Waals surface area contributed by atoms with Crippen LogP contribution in [0.1, 0.15) is 25.7 Å². The summed E-state index contributed by atoms with van der Waals surface area (Å²) in [5.74, 6) is 0. The lowest BCUT2D eigenvalue weighted by atomic mass is 10.1.